The zero-order valence-corrected chi connectivity index (χ0v) is 17.6. The van der Waals surface area contributed by atoms with Crippen LogP contribution in [0.3, 0.4) is 0 Å². The highest BCUT2D eigenvalue weighted by atomic mass is 16.5. The number of esters is 1. The summed E-state index contributed by atoms with van der Waals surface area (Å²) in [6.45, 7) is 3.83. The fraction of sp³-hybridized carbons (Fsp3) is 0.120. The third kappa shape index (κ3) is 4.59. The van der Waals surface area contributed by atoms with Crippen LogP contribution < -0.4 is 14.8 Å². The fourth-order valence-electron chi connectivity index (χ4n) is 3.33. The Morgan fingerprint density at radius 3 is 2.26 bits per heavy atom. The lowest BCUT2D eigenvalue weighted by Gasteiger charge is -2.13. The maximum Gasteiger partial charge on any atom is 0.343 e. The molecule has 0 aliphatic heterocycles. The molecule has 0 fully saturated rings. The Labute approximate surface area is 181 Å². The summed E-state index contributed by atoms with van der Waals surface area (Å²) in [4.78, 5) is 12.5. The minimum atomic E-state index is -0.406. The molecular weight excluding hydrogens is 390 g/mol. The van der Waals surface area contributed by atoms with Crippen molar-refractivity contribution in [3.63, 3.8) is 0 Å². The van der Waals surface area contributed by atoms with Gasteiger partial charge in [-0.2, -0.15) is 5.10 Å². The number of hydrogen-bond acceptors (Lipinski definition) is 5. The van der Waals surface area contributed by atoms with Gasteiger partial charge in [0.05, 0.1) is 18.4 Å². The number of nitrogens with one attached hydrogen (secondary N) is 1. The van der Waals surface area contributed by atoms with E-state index in [1.807, 2.05) is 73.3 Å². The minimum absolute atomic E-state index is 0.406. The molecule has 6 heteroatoms. The highest BCUT2D eigenvalue weighted by Gasteiger charge is 2.14. The molecule has 0 saturated carbocycles. The maximum atomic E-state index is 12.5. The van der Waals surface area contributed by atoms with Crippen LogP contribution in [0, 0.1) is 13.8 Å². The number of methoxy groups -OCH3 is 1. The highest BCUT2D eigenvalue weighted by Crippen LogP contribution is 2.29. The predicted octanol–water partition coefficient (Wildman–Crippen LogP) is 5.46. The van der Waals surface area contributed by atoms with Crippen LogP contribution >= 0.6 is 0 Å². The van der Waals surface area contributed by atoms with E-state index in [4.69, 9.17) is 9.47 Å². The van der Waals surface area contributed by atoms with Gasteiger partial charge in [0.15, 0.2) is 5.82 Å². The van der Waals surface area contributed by atoms with E-state index in [9.17, 15) is 4.79 Å². The number of aromatic nitrogens is 2. The monoisotopic (exact) mass is 413 g/mol. The van der Waals surface area contributed by atoms with E-state index >= 15 is 0 Å². The van der Waals surface area contributed by atoms with Crippen LogP contribution in [-0.4, -0.2) is 22.9 Å². The Morgan fingerprint density at radius 2 is 1.61 bits per heavy atom. The number of aryl methyl sites for hydroxylation is 2. The number of hydrogen-bond donors (Lipinski definition) is 1. The molecule has 1 N–H and O–H groups in total. The van der Waals surface area contributed by atoms with E-state index in [2.05, 4.69) is 10.4 Å². The lowest BCUT2D eigenvalue weighted by molar-refractivity contribution is 0.0732. The SMILES string of the molecule is COc1ccc(C(=O)Oc2c(C)cc(Nc3ccn(-c4ccccc4)n3)cc2C)cc1. The van der Waals surface area contributed by atoms with Crippen molar-refractivity contribution in [1.29, 1.82) is 0 Å². The Morgan fingerprint density at radius 1 is 0.935 bits per heavy atom. The van der Waals surface area contributed by atoms with Crippen molar-refractivity contribution in [3.05, 3.63) is 95.7 Å². The zero-order valence-electron chi connectivity index (χ0n) is 17.6. The summed E-state index contributed by atoms with van der Waals surface area (Å²) in [5.74, 6) is 1.57. The first-order valence-electron chi connectivity index (χ1n) is 9.89. The first kappa shape index (κ1) is 20.2. The van der Waals surface area contributed by atoms with Gasteiger partial charge in [-0.3, -0.25) is 0 Å². The molecule has 4 aromatic rings. The Balaban J connectivity index is 1.49. The number of para-hydroxylation sites is 1. The second kappa shape index (κ2) is 8.75. The van der Waals surface area contributed by atoms with E-state index < -0.39 is 5.97 Å². The van der Waals surface area contributed by atoms with Gasteiger partial charge in [0.2, 0.25) is 0 Å². The average molecular weight is 413 g/mol. The molecule has 31 heavy (non-hydrogen) atoms. The fourth-order valence-corrected chi connectivity index (χ4v) is 3.33. The predicted molar refractivity (Wildman–Crippen MR) is 121 cm³/mol. The molecule has 0 unspecified atom stereocenters. The highest BCUT2D eigenvalue weighted by molar-refractivity contribution is 5.91. The third-order valence-electron chi connectivity index (χ3n) is 4.86. The van der Waals surface area contributed by atoms with Gasteiger partial charge in [0, 0.05) is 18.0 Å². The smallest absolute Gasteiger partial charge is 0.343 e. The van der Waals surface area contributed by atoms with E-state index in [1.54, 1.807) is 31.4 Å². The molecule has 1 heterocycles. The van der Waals surface area contributed by atoms with Crippen molar-refractivity contribution in [3.8, 4) is 17.2 Å². The van der Waals surface area contributed by atoms with E-state index in [-0.39, 0.29) is 0 Å². The van der Waals surface area contributed by atoms with Crippen LogP contribution in [0.4, 0.5) is 11.5 Å². The van der Waals surface area contributed by atoms with E-state index in [1.165, 1.54) is 0 Å². The molecule has 0 bridgehead atoms. The number of benzene rings is 3. The summed E-state index contributed by atoms with van der Waals surface area (Å²) in [7, 11) is 1.59. The molecule has 0 amide bonds. The van der Waals surface area contributed by atoms with Crippen molar-refractivity contribution in [1.82, 2.24) is 9.78 Å². The zero-order chi connectivity index (χ0) is 21.8. The molecule has 0 atom stereocenters. The van der Waals surface area contributed by atoms with Gasteiger partial charge in [-0.05, 0) is 73.5 Å². The summed E-state index contributed by atoms with van der Waals surface area (Å²) in [5, 5.41) is 7.88. The molecule has 4 rings (SSSR count). The largest absolute Gasteiger partial charge is 0.497 e. The number of carbonyl (C=O) groups excluding carboxylic acids is 1. The second-order valence-electron chi connectivity index (χ2n) is 7.16. The molecule has 0 radical (unpaired) electrons. The van der Waals surface area contributed by atoms with Crippen molar-refractivity contribution >= 4 is 17.5 Å². The van der Waals surface area contributed by atoms with E-state index in [0.29, 0.717) is 17.1 Å². The molecular formula is C25H23N3O3. The number of ether oxygens (including phenoxy) is 2. The number of anilines is 2. The summed E-state index contributed by atoms with van der Waals surface area (Å²) in [6, 6.07) is 22.5. The van der Waals surface area contributed by atoms with Gasteiger partial charge in [0.1, 0.15) is 11.5 Å². The second-order valence-corrected chi connectivity index (χ2v) is 7.16. The molecule has 1 aromatic heterocycles. The Bertz CT molecular complexity index is 1180. The topological polar surface area (TPSA) is 65.4 Å². The minimum Gasteiger partial charge on any atom is -0.497 e. The van der Waals surface area contributed by atoms with Gasteiger partial charge >= 0.3 is 5.97 Å². The Kier molecular flexibility index (Phi) is 5.71. The Hall–Kier alpha value is -4.06. The quantitative estimate of drug-likeness (QED) is 0.336. The number of carbonyl (C=O) groups is 1. The van der Waals surface area contributed by atoms with Crippen LogP contribution in [0.15, 0.2) is 79.0 Å². The first-order chi connectivity index (χ1) is 15.0. The lowest BCUT2D eigenvalue weighted by atomic mass is 10.1. The van der Waals surface area contributed by atoms with Crippen LogP contribution in [0.5, 0.6) is 11.5 Å². The van der Waals surface area contributed by atoms with Crippen molar-refractivity contribution in [2.45, 2.75) is 13.8 Å². The molecule has 156 valence electrons. The van der Waals surface area contributed by atoms with Gasteiger partial charge in [0.25, 0.3) is 0 Å². The van der Waals surface area contributed by atoms with Crippen molar-refractivity contribution in [2.75, 3.05) is 12.4 Å². The molecule has 0 saturated heterocycles. The summed E-state index contributed by atoms with van der Waals surface area (Å²) < 4.78 is 12.6. The molecule has 0 aliphatic rings. The molecule has 0 spiro atoms. The first-order valence-corrected chi connectivity index (χ1v) is 9.89. The van der Waals surface area contributed by atoms with Crippen molar-refractivity contribution < 1.29 is 14.3 Å². The van der Waals surface area contributed by atoms with Gasteiger partial charge in [-0.15, -0.1) is 0 Å². The maximum absolute atomic E-state index is 12.5. The summed E-state index contributed by atoms with van der Waals surface area (Å²) >= 11 is 0. The van der Waals surface area contributed by atoms with Crippen LogP contribution in [0.2, 0.25) is 0 Å². The normalized spacial score (nSPS) is 10.5. The summed E-state index contributed by atoms with van der Waals surface area (Å²) in [5.41, 5.74) is 4.04. The van der Waals surface area contributed by atoms with Crippen LogP contribution in [0.1, 0.15) is 21.5 Å². The third-order valence-corrected chi connectivity index (χ3v) is 4.86. The van der Waals surface area contributed by atoms with Gasteiger partial charge in [-0.25, -0.2) is 9.48 Å². The number of rotatable bonds is 6. The van der Waals surface area contributed by atoms with Crippen LogP contribution in [0.25, 0.3) is 5.69 Å². The lowest BCUT2D eigenvalue weighted by Crippen LogP contribution is -2.10. The van der Waals surface area contributed by atoms with E-state index in [0.717, 1.165) is 28.3 Å². The molecule has 0 aliphatic carbocycles. The van der Waals surface area contributed by atoms with Crippen molar-refractivity contribution in [2.24, 2.45) is 0 Å². The van der Waals surface area contributed by atoms with Gasteiger partial charge < -0.3 is 14.8 Å². The summed E-state index contributed by atoms with van der Waals surface area (Å²) in [6.07, 6.45) is 1.91. The molecule has 3 aromatic carbocycles. The van der Waals surface area contributed by atoms with Crippen LogP contribution in [-0.2, 0) is 0 Å². The standard InChI is InChI=1S/C25H23N3O3/c1-17-15-20(26-23-13-14-28(27-23)21-7-5-4-6-8-21)16-18(2)24(17)31-25(29)19-9-11-22(30-3)12-10-19/h4-16H,1-3H3,(H,26,27). The number of nitrogens with zero attached hydrogens (tertiary/aromatic N) is 2. The van der Waals surface area contributed by atoms with Gasteiger partial charge in [-0.1, -0.05) is 18.2 Å². The molecule has 6 nitrogen and oxygen atoms in total. The average Bonchev–Trinajstić information content (AvgIpc) is 3.25.